The van der Waals surface area contributed by atoms with Crippen LogP contribution in [0, 0.1) is 0 Å². The van der Waals surface area contributed by atoms with E-state index >= 15 is 0 Å². The van der Waals surface area contributed by atoms with Gasteiger partial charge in [-0.1, -0.05) is 12.5 Å². The summed E-state index contributed by atoms with van der Waals surface area (Å²) >= 11 is 1.58. The number of rotatable bonds is 4. The topological polar surface area (TPSA) is 58.8 Å². The van der Waals surface area contributed by atoms with E-state index in [0.29, 0.717) is 23.7 Å². The normalized spacial score (nSPS) is 19.5. The lowest BCUT2D eigenvalue weighted by Gasteiger charge is -2.33. The number of piperidine rings is 1. The fraction of sp³-hybridized carbons (Fsp3) is 0.350. The summed E-state index contributed by atoms with van der Waals surface area (Å²) in [5, 5.41) is 1.99. The summed E-state index contributed by atoms with van der Waals surface area (Å²) in [5.74, 6) is 0.942. The van der Waals surface area contributed by atoms with Crippen LogP contribution in [0.3, 0.4) is 0 Å². The van der Waals surface area contributed by atoms with E-state index in [-0.39, 0.29) is 5.91 Å². The Labute approximate surface area is 157 Å². The second-order valence-corrected chi connectivity index (χ2v) is 7.69. The van der Waals surface area contributed by atoms with Crippen LogP contribution >= 0.6 is 11.3 Å². The van der Waals surface area contributed by atoms with Gasteiger partial charge in [-0.3, -0.25) is 4.79 Å². The van der Waals surface area contributed by atoms with Crippen molar-refractivity contribution in [2.45, 2.75) is 19.3 Å². The van der Waals surface area contributed by atoms with Gasteiger partial charge in [0.05, 0.1) is 5.69 Å². The molecule has 3 heterocycles. The van der Waals surface area contributed by atoms with E-state index < -0.39 is 0 Å². The molecule has 2 aliphatic heterocycles. The van der Waals surface area contributed by atoms with Crippen molar-refractivity contribution >= 4 is 34.7 Å². The maximum absolute atomic E-state index is 13.1. The number of carbonyl (C=O) groups excluding carboxylic acids is 1. The van der Waals surface area contributed by atoms with Gasteiger partial charge in [-0.25, -0.2) is 0 Å². The first-order chi connectivity index (χ1) is 12.7. The maximum Gasteiger partial charge on any atom is 0.294 e. The second-order valence-electron chi connectivity index (χ2n) is 6.71. The van der Waals surface area contributed by atoms with Crippen LogP contribution in [0.2, 0.25) is 0 Å². The molecule has 26 heavy (non-hydrogen) atoms. The molecule has 0 saturated carbocycles. The molecular weight excluding hydrogens is 346 g/mol. The lowest BCUT2D eigenvalue weighted by molar-refractivity contribution is -0.117. The van der Waals surface area contributed by atoms with Crippen molar-refractivity contribution in [3.8, 4) is 5.75 Å². The molecule has 1 saturated heterocycles. The van der Waals surface area contributed by atoms with Crippen molar-refractivity contribution in [3.05, 3.63) is 46.3 Å². The van der Waals surface area contributed by atoms with Crippen molar-refractivity contribution in [3.63, 3.8) is 0 Å². The number of anilines is 2. The number of nitrogen functional groups attached to an aromatic ring is 1. The van der Waals surface area contributed by atoms with Gasteiger partial charge in [-0.15, -0.1) is 11.3 Å². The standard InChI is InChI=1S/C20H23N3O2S/c21-15-6-7-18-17(13-15)23(11-10-22-8-2-1-3-9-22)20(24)19(25-18)14-16-5-4-12-26-16/h4-7,12-14H,1-3,8-11,21H2/b19-14+. The molecule has 1 amide bonds. The Morgan fingerprint density at radius 3 is 2.77 bits per heavy atom. The third-order valence-electron chi connectivity index (χ3n) is 4.85. The molecule has 1 fully saturated rings. The minimum atomic E-state index is -0.103. The number of ether oxygens (including phenoxy) is 1. The lowest BCUT2D eigenvalue weighted by Crippen LogP contribution is -2.43. The molecule has 136 valence electrons. The average molecular weight is 369 g/mol. The van der Waals surface area contributed by atoms with Crippen molar-refractivity contribution in [2.24, 2.45) is 0 Å². The third-order valence-corrected chi connectivity index (χ3v) is 5.67. The highest BCUT2D eigenvalue weighted by Gasteiger charge is 2.31. The van der Waals surface area contributed by atoms with Gasteiger partial charge in [-0.2, -0.15) is 0 Å². The Kier molecular flexibility index (Phi) is 4.95. The SMILES string of the molecule is Nc1ccc2c(c1)N(CCN1CCCCC1)C(=O)/C(=C\c1cccs1)O2. The molecule has 4 rings (SSSR count). The number of fused-ring (bicyclic) bond motifs is 1. The quantitative estimate of drug-likeness (QED) is 0.661. The molecule has 1 aromatic carbocycles. The van der Waals surface area contributed by atoms with Crippen LogP contribution in [-0.2, 0) is 4.79 Å². The minimum Gasteiger partial charge on any atom is -0.449 e. The number of nitrogens with two attached hydrogens (primary N) is 1. The van der Waals surface area contributed by atoms with Crippen LogP contribution in [0.1, 0.15) is 24.1 Å². The second kappa shape index (κ2) is 7.51. The van der Waals surface area contributed by atoms with Gasteiger partial charge in [0, 0.05) is 29.7 Å². The van der Waals surface area contributed by atoms with Crippen molar-refractivity contribution in [1.82, 2.24) is 4.90 Å². The Morgan fingerprint density at radius 1 is 1.15 bits per heavy atom. The number of benzene rings is 1. The summed E-state index contributed by atoms with van der Waals surface area (Å²) in [7, 11) is 0. The number of carbonyl (C=O) groups is 1. The van der Waals surface area contributed by atoms with Gasteiger partial charge in [0.25, 0.3) is 5.91 Å². The fourth-order valence-corrected chi connectivity index (χ4v) is 4.12. The van der Waals surface area contributed by atoms with Crippen molar-refractivity contribution in [2.75, 3.05) is 36.8 Å². The number of nitrogens with zero attached hydrogens (tertiary/aromatic N) is 2. The lowest BCUT2D eigenvalue weighted by atomic mass is 10.1. The molecule has 2 N–H and O–H groups in total. The highest BCUT2D eigenvalue weighted by atomic mass is 32.1. The van der Waals surface area contributed by atoms with Crippen LogP contribution < -0.4 is 15.4 Å². The van der Waals surface area contributed by atoms with Gasteiger partial charge < -0.3 is 20.3 Å². The number of hydrogen-bond donors (Lipinski definition) is 1. The molecule has 1 aromatic heterocycles. The first-order valence-electron chi connectivity index (χ1n) is 9.07. The monoisotopic (exact) mass is 369 g/mol. The van der Waals surface area contributed by atoms with Gasteiger partial charge in [0.1, 0.15) is 0 Å². The van der Waals surface area contributed by atoms with E-state index in [1.807, 2.05) is 40.6 Å². The first kappa shape index (κ1) is 17.1. The number of thiophene rings is 1. The number of likely N-dealkylation sites (tertiary alicyclic amines) is 1. The molecule has 0 unspecified atom stereocenters. The zero-order chi connectivity index (χ0) is 17.9. The van der Waals surface area contributed by atoms with Crippen LogP contribution in [0.4, 0.5) is 11.4 Å². The molecule has 5 nitrogen and oxygen atoms in total. The predicted molar refractivity (Wildman–Crippen MR) is 106 cm³/mol. The van der Waals surface area contributed by atoms with Gasteiger partial charge >= 0.3 is 0 Å². The Hall–Kier alpha value is -2.31. The van der Waals surface area contributed by atoms with Crippen LogP contribution in [-0.4, -0.2) is 37.0 Å². The van der Waals surface area contributed by atoms with Crippen molar-refractivity contribution in [1.29, 1.82) is 0 Å². The molecule has 2 aromatic rings. The maximum atomic E-state index is 13.1. The van der Waals surface area contributed by atoms with E-state index in [0.717, 1.165) is 30.2 Å². The van der Waals surface area contributed by atoms with Gasteiger partial charge in [0.15, 0.2) is 11.5 Å². The Bertz CT molecular complexity index is 810. The van der Waals surface area contributed by atoms with Gasteiger partial charge in [-0.05, 0) is 55.6 Å². The predicted octanol–water partition coefficient (Wildman–Crippen LogP) is 3.58. The first-order valence-corrected chi connectivity index (χ1v) is 9.95. The van der Waals surface area contributed by atoms with Crippen molar-refractivity contribution < 1.29 is 9.53 Å². The molecular formula is C20H23N3O2S. The molecule has 0 atom stereocenters. The largest absolute Gasteiger partial charge is 0.449 e. The highest BCUT2D eigenvalue weighted by Crippen LogP contribution is 2.37. The summed E-state index contributed by atoms with van der Waals surface area (Å²) in [4.78, 5) is 18.3. The van der Waals surface area contributed by atoms with E-state index in [9.17, 15) is 4.79 Å². The number of hydrogen-bond acceptors (Lipinski definition) is 5. The van der Waals surface area contributed by atoms with Gasteiger partial charge in [0.2, 0.25) is 0 Å². The molecule has 0 aliphatic carbocycles. The molecule has 0 radical (unpaired) electrons. The van der Waals surface area contributed by atoms with Crippen LogP contribution in [0.15, 0.2) is 41.5 Å². The van der Waals surface area contributed by atoms with Crippen LogP contribution in [0.25, 0.3) is 6.08 Å². The van der Waals surface area contributed by atoms with E-state index in [2.05, 4.69) is 4.90 Å². The van der Waals surface area contributed by atoms with E-state index in [1.165, 1.54) is 19.3 Å². The summed E-state index contributed by atoms with van der Waals surface area (Å²) in [6, 6.07) is 9.41. The Balaban J connectivity index is 1.61. The highest BCUT2D eigenvalue weighted by molar-refractivity contribution is 7.10. The molecule has 0 bridgehead atoms. The fourth-order valence-electron chi connectivity index (χ4n) is 3.48. The third kappa shape index (κ3) is 3.61. The van der Waals surface area contributed by atoms with Crippen LogP contribution in [0.5, 0.6) is 5.75 Å². The summed E-state index contributed by atoms with van der Waals surface area (Å²) in [5.41, 5.74) is 7.35. The average Bonchev–Trinajstić information content (AvgIpc) is 3.16. The number of amides is 1. The van der Waals surface area contributed by atoms with E-state index in [1.54, 1.807) is 17.4 Å². The summed E-state index contributed by atoms with van der Waals surface area (Å²) in [6.07, 6.45) is 5.61. The van der Waals surface area contributed by atoms with E-state index in [4.69, 9.17) is 10.5 Å². The molecule has 2 aliphatic rings. The zero-order valence-electron chi connectivity index (χ0n) is 14.7. The smallest absolute Gasteiger partial charge is 0.294 e. The molecule has 6 heteroatoms. The molecule has 0 spiro atoms. The Morgan fingerprint density at radius 2 is 2.00 bits per heavy atom. The minimum absolute atomic E-state index is 0.103. The summed E-state index contributed by atoms with van der Waals surface area (Å²) in [6.45, 7) is 3.73. The zero-order valence-corrected chi connectivity index (χ0v) is 15.5. The summed E-state index contributed by atoms with van der Waals surface area (Å²) < 4.78 is 5.90.